The van der Waals surface area contributed by atoms with Gasteiger partial charge in [0, 0.05) is 12.1 Å². The van der Waals surface area contributed by atoms with E-state index in [1.807, 2.05) is 0 Å². The molecule has 20 heavy (non-hydrogen) atoms. The standard InChI is InChI=1S/C15H22BrNO3/c1-4-5-6-7-8-17-15(18)11-9-12(19-2)14(16)13(10-11)20-3/h9-10H,4-8H2,1-3H3,(H,17,18). The van der Waals surface area contributed by atoms with Gasteiger partial charge in [-0.1, -0.05) is 26.2 Å². The fourth-order valence-corrected chi connectivity index (χ4v) is 2.41. The SMILES string of the molecule is CCCCCCNC(=O)c1cc(OC)c(Br)c(OC)c1. The third-order valence-electron chi connectivity index (χ3n) is 3.02. The Kier molecular flexibility index (Phi) is 7.44. The van der Waals surface area contributed by atoms with Crippen molar-refractivity contribution in [3.05, 3.63) is 22.2 Å². The van der Waals surface area contributed by atoms with Gasteiger partial charge in [-0.3, -0.25) is 4.79 Å². The normalized spacial score (nSPS) is 10.2. The van der Waals surface area contributed by atoms with Crippen LogP contribution in [0.1, 0.15) is 43.0 Å². The van der Waals surface area contributed by atoms with E-state index in [-0.39, 0.29) is 5.91 Å². The average Bonchev–Trinajstić information content (AvgIpc) is 2.47. The summed E-state index contributed by atoms with van der Waals surface area (Å²) in [5.41, 5.74) is 0.539. The molecule has 0 atom stereocenters. The number of halogens is 1. The Labute approximate surface area is 129 Å². The van der Waals surface area contributed by atoms with Gasteiger partial charge in [0.05, 0.1) is 14.2 Å². The minimum absolute atomic E-state index is 0.106. The van der Waals surface area contributed by atoms with Crippen LogP contribution in [-0.4, -0.2) is 26.7 Å². The van der Waals surface area contributed by atoms with Crippen molar-refractivity contribution in [2.45, 2.75) is 32.6 Å². The molecule has 1 amide bonds. The zero-order valence-corrected chi connectivity index (χ0v) is 13.9. The van der Waals surface area contributed by atoms with Crippen molar-refractivity contribution in [1.29, 1.82) is 0 Å². The van der Waals surface area contributed by atoms with Gasteiger partial charge in [-0.05, 0) is 34.5 Å². The highest BCUT2D eigenvalue weighted by Gasteiger charge is 2.14. The van der Waals surface area contributed by atoms with E-state index >= 15 is 0 Å². The van der Waals surface area contributed by atoms with Crippen molar-refractivity contribution in [3.63, 3.8) is 0 Å². The van der Waals surface area contributed by atoms with Gasteiger partial charge in [0.2, 0.25) is 0 Å². The van der Waals surface area contributed by atoms with Crippen LogP contribution < -0.4 is 14.8 Å². The zero-order valence-electron chi connectivity index (χ0n) is 12.3. The maximum absolute atomic E-state index is 12.1. The molecular weight excluding hydrogens is 322 g/mol. The van der Waals surface area contributed by atoms with Gasteiger partial charge in [0.25, 0.3) is 5.91 Å². The molecule has 0 aliphatic carbocycles. The fraction of sp³-hybridized carbons (Fsp3) is 0.533. The number of benzene rings is 1. The predicted octanol–water partition coefficient (Wildman–Crippen LogP) is 3.78. The predicted molar refractivity (Wildman–Crippen MR) is 83.7 cm³/mol. The highest BCUT2D eigenvalue weighted by atomic mass is 79.9. The summed E-state index contributed by atoms with van der Waals surface area (Å²) < 4.78 is 11.2. The summed E-state index contributed by atoms with van der Waals surface area (Å²) in [7, 11) is 3.12. The molecule has 0 aromatic heterocycles. The fourth-order valence-electron chi connectivity index (χ4n) is 1.86. The molecule has 1 rings (SSSR count). The summed E-state index contributed by atoms with van der Waals surface area (Å²) in [4.78, 5) is 12.1. The molecule has 0 saturated heterocycles. The maximum atomic E-state index is 12.1. The molecule has 0 saturated carbocycles. The Morgan fingerprint density at radius 3 is 2.25 bits per heavy atom. The second-order valence-corrected chi connectivity index (χ2v) is 5.30. The van der Waals surface area contributed by atoms with Crippen LogP contribution in [-0.2, 0) is 0 Å². The number of carbonyl (C=O) groups excluding carboxylic acids is 1. The van der Waals surface area contributed by atoms with Gasteiger partial charge in [0.1, 0.15) is 16.0 Å². The molecule has 0 unspecified atom stereocenters. The number of methoxy groups -OCH3 is 2. The summed E-state index contributed by atoms with van der Waals surface area (Å²) in [6.45, 7) is 2.86. The van der Waals surface area contributed by atoms with Gasteiger partial charge >= 0.3 is 0 Å². The van der Waals surface area contributed by atoms with E-state index < -0.39 is 0 Å². The molecule has 0 heterocycles. The molecule has 4 nitrogen and oxygen atoms in total. The van der Waals surface area contributed by atoms with Gasteiger partial charge in [-0.25, -0.2) is 0 Å². The van der Waals surface area contributed by atoms with Gasteiger partial charge in [-0.2, -0.15) is 0 Å². The Morgan fingerprint density at radius 1 is 1.15 bits per heavy atom. The summed E-state index contributed by atoms with van der Waals surface area (Å²) in [5.74, 6) is 1.06. The Bertz CT molecular complexity index is 424. The van der Waals surface area contributed by atoms with Crippen molar-refractivity contribution in [3.8, 4) is 11.5 Å². The van der Waals surface area contributed by atoms with E-state index in [9.17, 15) is 4.79 Å². The highest BCUT2D eigenvalue weighted by Crippen LogP contribution is 2.35. The van der Waals surface area contributed by atoms with Crippen LogP contribution in [0.2, 0.25) is 0 Å². The van der Waals surface area contributed by atoms with Crippen molar-refractivity contribution in [2.24, 2.45) is 0 Å². The number of hydrogen-bond acceptors (Lipinski definition) is 3. The summed E-state index contributed by atoms with van der Waals surface area (Å²) in [6, 6.07) is 3.40. The number of carbonyl (C=O) groups is 1. The van der Waals surface area contributed by atoms with E-state index in [1.165, 1.54) is 12.8 Å². The van der Waals surface area contributed by atoms with Crippen LogP contribution in [0.3, 0.4) is 0 Å². The molecular formula is C15H22BrNO3. The third-order valence-corrected chi connectivity index (χ3v) is 3.81. The van der Waals surface area contributed by atoms with E-state index in [2.05, 4.69) is 28.2 Å². The molecule has 0 spiro atoms. The lowest BCUT2D eigenvalue weighted by molar-refractivity contribution is 0.0952. The lowest BCUT2D eigenvalue weighted by Gasteiger charge is -2.11. The lowest BCUT2D eigenvalue weighted by Crippen LogP contribution is -2.24. The topological polar surface area (TPSA) is 47.6 Å². The first-order valence-corrected chi connectivity index (χ1v) is 7.63. The largest absolute Gasteiger partial charge is 0.495 e. The number of unbranched alkanes of at least 4 members (excludes halogenated alkanes) is 3. The molecule has 0 radical (unpaired) electrons. The minimum Gasteiger partial charge on any atom is -0.495 e. The first-order valence-electron chi connectivity index (χ1n) is 6.83. The summed E-state index contributed by atoms with van der Waals surface area (Å²) in [6.07, 6.45) is 4.54. The van der Waals surface area contributed by atoms with Gasteiger partial charge < -0.3 is 14.8 Å². The monoisotopic (exact) mass is 343 g/mol. The van der Waals surface area contributed by atoms with Crippen molar-refractivity contribution in [1.82, 2.24) is 5.32 Å². The van der Waals surface area contributed by atoms with E-state index in [0.717, 1.165) is 12.8 Å². The second kappa shape index (κ2) is 8.84. The van der Waals surface area contributed by atoms with E-state index in [0.29, 0.717) is 28.1 Å². The van der Waals surface area contributed by atoms with Crippen LogP contribution in [0.25, 0.3) is 0 Å². The molecule has 1 aromatic carbocycles. The van der Waals surface area contributed by atoms with Crippen molar-refractivity contribution < 1.29 is 14.3 Å². The Balaban J connectivity index is 2.68. The van der Waals surface area contributed by atoms with Crippen LogP contribution >= 0.6 is 15.9 Å². The Morgan fingerprint density at radius 2 is 1.75 bits per heavy atom. The van der Waals surface area contributed by atoms with E-state index in [4.69, 9.17) is 9.47 Å². The highest BCUT2D eigenvalue weighted by molar-refractivity contribution is 9.10. The number of nitrogens with one attached hydrogen (secondary N) is 1. The van der Waals surface area contributed by atoms with Crippen LogP contribution in [0.15, 0.2) is 16.6 Å². The number of rotatable bonds is 8. The molecule has 0 bridgehead atoms. The van der Waals surface area contributed by atoms with Crippen LogP contribution in [0.5, 0.6) is 11.5 Å². The lowest BCUT2D eigenvalue weighted by atomic mass is 10.1. The van der Waals surface area contributed by atoms with Crippen LogP contribution in [0.4, 0.5) is 0 Å². The molecule has 1 N–H and O–H groups in total. The number of amides is 1. The quantitative estimate of drug-likeness (QED) is 0.730. The molecule has 0 aliphatic rings. The third kappa shape index (κ3) is 4.71. The number of hydrogen-bond donors (Lipinski definition) is 1. The molecule has 0 aliphatic heterocycles. The van der Waals surface area contributed by atoms with Gasteiger partial charge in [-0.15, -0.1) is 0 Å². The second-order valence-electron chi connectivity index (χ2n) is 4.51. The number of ether oxygens (including phenoxy) is 2. The molecule has 1 aromatic rings. The average molecular weight is 344 g/mol. The van der Waals surface area contributed by atoms with E-state index in [1.54, 1.807) is 26.4 Å². The smallest absolute Gasteiger partial charge is 0.251 e. The van der Waals surface area contributed by atoms with Crippen molar-refractivity contribution in [2.75, 3.05) is 20.8 Å². The first-order chi connectivity index (χ1) is 9.63. The molecule has 5 heteroatoms. The summed E-state index contributed by atoms with van der Waals surface area (Å²) in [5, 5.41) is 2.91. The minimum atomic E-state index is -0.106. The van der Waals surface area contributed by atoms with Crippen molar-refractivity contribution >= 4 is 21.8 Å². The molecule has 112 valence electrons. The maximum Gasteiger partial charge on any atom is 0.251 e. The van der Waals surface area contributed by atoms with Gasteiger partial charge in [0.15, 0.2) is 0 Å². The summed E-state index contributed by atoms with van der Waals surface area (Å²) >= 11 is 3.38. The first kappa shape index (κ1) is 16.8. The zero-order chi connectivity index (χ0) is 15.0. The Hall–Kier alpha value is -1.23. The molecule has 0 fully saturated rings. The van der Waals surface area contributed by atoms with Crippen LogP contribution in [0, 0.1) is 0 Å².